The van der Waals surface area contributed by atoms with E-state index in [-0.39, 0.29) is 24.6 Å². The van der Waals surface area contributed by atoms with Gasteiger partial charge in [0.25, 0.3) is 11.8 Å². The number of nitrogens with zero attached hydrogens (tertiary/aromatic N) is 1. The molecule has 0 fully saturated rings. The van der Waals surface area contributed by atoms with Gasteiger partial charge in [-0.3, -0.25) is 9.59 Å². The molecule has 8 heteroatoms. The maximum absolute atomic E-state index is 13.5. The van der Waals surface area contributed by atoms with Gasteiger partial charge in [-0.15, -0.1) is 11.3 Å². The molecule has 2 amide bonds. The van der Waals surface area contributed by atoms with E-state index in [1.807, 2.05) is 6.92 Å². The van der Waals surface area contributed by atoms with Crippen molar-refractivity contribution in [3.05, 3.63) is 64.1 Å². The van der Waals surface area contributed by atoms with Gasteiger partial charge < -0.3 is 15.1 Å². The molecule has 0 saturated heterocycles. The quantitative estimate of drug-likeness (QED) is 0.636. The molecule has 0 atom stereocenters. The summed E-state index contributed by atoms with van der Waals surface area (Å²) in [5.41, 5.74) is 1.05. The van der Waals surface area contributed by atoms with E-state index in [1.165, 1.54) is 17.4 Å². The Morgan fingerprint density at radius 1 is 1.15 bits per heavy atom. The second-order valence-corrected chi connectivity index (χ2v) is 7.08. The average Bonchev–Trinajstić information content (AvgIpc) is 3.30. The van der Waals surface area contributed by atoms with Gasteiger partial charge in [0.05, 0.1) is 6.26 Å². The SMILES string of the molecule is Cc1ccc(C(=O)NCCNC(=O)c2nc(-c3ccco3)sc2C)cc1F. The number of thiazole rings is 1. The Morgan fingerprint density at radius 2 is 1.89 bits per heavy atom. The molecule has 0 saturated carbocycles. The van der Waals surface area contributed by atoms with Gasteiger partial charge in [-0.1, -0.05) is 6.07 Å². The summed E-state index contributed by atoms with van der Waals surface area (Å²) < 4.78 is 18.8. The Balaban J connectivity index is 1.51. The number of aryl methyl sites for hydroxylation is 2. The van der Waals surface area contributed by atoms with Crippen molar-refractivity contribution in [2.24, 2.45) is 0 Å². The van der Waals surface area contributed by atoms with Gasteiger partial charge >= 0.3 is 0 Å². The molecule has 3 aromatic rings. The molecule has 0 radical (unpaired) electrons. The largest absolute Gasteiger partial charge is 0.462 e. The van der Waals surface area contributed by atoms with Crippen molar-refractivity contribution in [2.75, 3.05) is 13.1 Å². The highest BCUT2D eigenvalue weighted by Gasteiger charge is 2.17. The fourth-order valence-corrected chi connectivity index (χ4v) is 3.26. The van der Waals surface area contributed by atoms with Gasteiger partial charge in [-0.25, -0.2) is 9.37 Å². The molecule has 0 bridgehead atoms. The first-order valence-corrected chi connectivity index (χ1v) is 9.11. The number of benzene rings is 1. The van der Waals surface area contributed by atoms with Crippen LogP contribution in [-0.4, -0.2) is 29.9 Å². The normalized spacial score (nSPS) is 10.6. The van der Waals surface area contributed by atoms with Crippen molar-refractivity contribution >= 4 is 23.2 Å². The summed E-state index contributed by atoms with van der Waals surface area (Å²) in [6.45, 7) is 3.89. The lowest BCUT2D eigenvalue weighted by atomic mass is 10.1. The highest BCUT2D eigenvalue weighted by atomic mass is 32.1. The molecule has 2 N–H and O–H groups in total. The number of rotatable bonds is 6. The first kappa shape index (κ1) is 18.8. The molecular weight excluding hydrogens is 369 g/mol. The van der Waals surface area contributed by atoms with Crippen LogP contribution in [0.4, 0.5) is 4.39 Å². The van der Waals surface area contributed by atoms with Gasteiger partial charge in [0, 0.05) is 23.5 Å². The molecule has 0 aliphatic carbocycles. The van der Waals surface area contributed by atoms with Crippen molar-refractivity contribution in [3.8, 4) is 10.8 Å². The Hall–Kier alpha value is -3.00. The van der Waals surface area contributed by atoms with Crippen LogP contribution in [0.1, 0.15) is 31.3 Å². The highest BCUT2D eigenvalue weighted by Crippen LogP contribution is 2.27. The second kappa shape index (κ2) is 8.13. The molecule has 0 aliphatic rings. The van der Waals surface area contributed by atoms with Crippen LogP contribution in [0.3, 0.4) is 0 Å². The van der Waals surface area contributed by atoms with Crippen molar-refractivity contribution < 1.29 is 18.4 Å². The number of nitrogens with one attached hydrogen (secondary N) is 2. The minimum absolute atomic E-state index is 0.217. The van der Waals surface area contributed by atoms with Crippen LogP contribution in [0.5, 0.6) is 0 Å². The Labute approximate surface area is 159 Å². The zero-order valence-electron chi connectivity index (χ0n) is 14.8. The molecule has 0 unspecified atom stereocenters. The van der Waals surface area contributed by atoms with E-state index in [4.69, 9.17) is 4.42 Å². The minimum atomic E-state index is -0.428. The van der Waals surface area contributed by atoms with Crippen LogP contribution < -0.4 is 10.6 Å². The highest BCUT2D eigenvalue weighted by molar-refractivity contribution is 7.15. The van der Waals surface area contributed by atoms with Crippen LogP contribution >= 0.6 is 11.3 Å². The van der Waals surface area contributed by atoms with Crippen LogP contribution in [0.2, 0.25) is 0 Å². The number of amides is 2. The first-order chi connectivity index (χ1) is 13.0. The van der Waals surface area contributed by atoms with Crippen molar-refractivity contribution in [2.45, 2.75) is 13.8 Å². The number of carbonyl (C=O) groups is 2. The third-order valence-electron chi connectivity index (χ3n) is 3.87. The maximum atomic E-state index is 13.5. The second-order valence-electron chi connectivity index (χ2n) is 5.88. The van der Waals surface area contributed by atoms with Gasteiger partial charge in [-0.05, 0) is 43.7 Å². The molecule has 140 valence electrons. The Morgan fingerprint density at radius 3 is 2.56 bits per heavy atom. The van der Waals surface area contributed by atoms with Gasteiger partial charge in [0.15, 0.2) is 10.8 Å². The lowest BCUT2D eigenvalue weighted by molar-refractivity contribution is 0.0925. The van der Waals surface area contributed by atoms with Gasteiger partial charge in [0.2, 0.25) is 0 Å². The maximum Gasteiger partial charge on any atom is 0.271 e. The first-order valence-electron chi connectivity index (χ1n) is 8.29. The molecule has 1 aromatic carbocycles. The van der Waals surface area contributed by atoms with Crippen LogP contribution in [0, 0.1) is 19.7 Å². The zero-order valence-corrected chi connectivity index (χ0v) is 15.7. The lowest BCUT2D eigenvalue weighted by Crippen LogP contribution is -2.35. The fraction of sp³-hybridized carbons (Fsp3) is 0.211. The van der Waals surface area contributed by atoms with Crippen molar-refractivity contribution in [1.82, 2.24) is 15.6 Å². The summed E-state index contributed by atoms with van der Waals surface area (Å²) in [6.07, 6.45) is 1.55. The Bertz CT molecular complexity index is 967. The van der Waals surface area contributed by atoms with Crippen LogP contribution in [-0.2, 0) is 0 Å². The minimum Gasteiger partial charge on any atom is -0.462 e. The number of hydrogen-bond acceptors (Lipinski definition) is 5. The number of halogens is 1. The zero-order chi connectivity index (χ0) is 19.4. The Kier molecular flexibility index (Phi) is 5.66. The molecule has 2 heterocycles. The number of carbonyl (C=O) groups excluding carboxylic acids is 2. The van der Waals surface area contributed by atoms with E-state index in [0.29, 0.717) is 22.0 Å². The van der Waals surface area contributed by atoms with Crippen molar-refractivity contribution in [1.29, 1.82) is 0 Å². The third-order valence-corrected chi connectivity index (χ3v) is 4.86. The smallest absolute Gasteiger partial charge is 0.271 e. The molecule has 6 nitrogen and oxygen atoms in total. The molecule has 0 aliphatic heterocycles. The van der Waals surface area contributed by atoms with Crippen LogP contribution in [0.25, 0.3) is 10.8 Å². The van der Waals surface area contributed by atoms with Crippen molar-refractivity contribution in [3.63, 3.8) is 0 Å². The summed E-state index contributed by atoms with van der Waals surface area (Å²) in [5.74, 6) is -0.535. The average molecular weight is 387 g/mol. The van der Waals surface area contributed by atoms with Gasteiger partial charge in [-0.2, -0.15) is 0 Å². The molecular formula is C19H18FN3O3S. The molecule has 0 spiro atoms. The standard InChI is InChI=1S/C19H18FN3O3S/c1-11-5-6-13(10-14(11)20)17(24)21-7-8-22-18(25)16-12(2)27-19(23-16)15-4-3-9-26-15/h3-6,9-10H,7-8H2,1-2H3,(H,21,24)(H,22,25). The number of hydrogen-bond donors (Lipinski definition) is 2. The summed E-state index contributed by atoms with van der Waals surface area (Å²) in [6, 6.07) is 7.84. The number of furan rings is 1. The number of aromatic nitrogens is 1. The summed E-state index contributed by atoms with van der Waals surface area (Å²) >= 11 is 1.37. The molecule has 3 rings (SSSR count). The van der Waals surface area contributed by atoms with E-state index in [9.17, 15) is 14.0 Å². The van der Waals surface area contributed by atoms with E-state index in [0.717, 1.165) is 4.88 Å². The topological polar surface area (TPSA) is 84.2 Å². The predicted molar refractivity (Wildman–Crippen MR) is 100 cm³/mol. The van der Waals surface area contributed by atoms with E-state index in [2.05, 4.69) is 15.6 Å². The lowest BCUT2D eigenvalue weighted by Gasteiger charge is -2.07. The molecule has 27 heavy (non-hydrogen) atoms. The van der Waals surface area contributed by atoms with Crippen LogP contribution in [0.15, 0.2) is 41.0 Å². The summed E-state index contributed by atoms with van der Waals surface area (Å²) in [7, 11) is 0. The van der Waals surface area contributed by atoms with E-state index in [1.54, 1.807) is 37.5 Å². The monoisotopic (exact) mass is 387 g/mol. The summed E-state index contributed by atoms with van der Waals surface area (Å²) in [4.78, 5) is 29.4. The summed E-state index contributed by atoms with van der Waals surface area (Å²) in [5, 5.41) is 5.99. The van der Waals surface area contributed by atoms with E-state index >= 15 is 0 Å². The molecule has 2 aromatic heterocycles. The third kappa shape index (κ3) is 4.40. The predicted octanol–water partition coefficient (Wildman–Crippen LogP) is 3.32. The van der Waals surface area contributed by atoms with E-state index < -0.39 is 11.7 Å². The fourth-order valence-electron chi connectivity index (χ4n) is 2.38. The van der Waals surface area contributed by atoms with Gasteiger partial charge in [0.1, 0.15) is 11.5 Å².